The van der Waals surface area contributed by atoms with Crippen LogP contribution in [0.2, 0.25) is 0 Å². The number of halogens is 1. The molecule has 2 rings (SSSR count). The summed E-state index contributed by atoms with van der Waals surface area (Å²) in [4.78, 5) is 5.33. The highest BCUT2D eigenvalue weighted by Crippen LogP contribution is 2.28. The molecule has 0 amide bonds. The first-order valence-electron chi connectivity index (χ1n) is 7.04. The minimum absolute atomic E-state index is 0.180. The summed E-state index contributed by atoms with van der Waals surface area (Å²) in [5, 5.41) is 6.72. The monoisotopic (exact) mass is 295 g/mol. The standard InChI is InChI=1S/C15H22FN3S/c1-11-10-14(11)19-15(17-2)18-8-3-9-20-13-6-4-12(16)5-7-13/h4-7,11,14H,3,8-10H2,1-2H3,(H2,17,18,19). The molecule has 1 fully saturated rings. The van der Waals surface area contributed by atoms with Gasteiger partial charge in [-0.1, -0.05) is 6.92 Å². The van der Waals surface area contributed by atoms with Crippen LogP contribution in [-0.2, 0) is 0 Å². The maximum Gasteiger partial charge on any atom is 0.191 e. The summed E-state index contributed by atoms with van der Waals surface area (Å²) in [6.07, 6.45) is 2.28. The van der Waals surface area contributed by atoms with Gasteiger partial charge < -0.3 is 10.6 Å². The Morgan fingerprint density at radius 2 is 2.10 bits per heavy atom. The van der Waals surface area contributed by atoms with Gasteiger partial charge in [-0.2, -0.15) is 0 Å². The van der Waals surface area contributed by atoms with Crippen molar-refractivity contribution in [2.24, 2.45) is 10.9 Å². The predicted octanol–water partition coefficient (Wildman–Crippen LogP) is 2.88. The van der Waals surface area contributed by atoms with E-state index in [-0.39, 0.29) is 5.82 Å². The number of thioether (sulfide) groups is 1. The zero-order chi connectivity index (χ0) is 14.4. The molecular formula is C15H22FN3S. The van der Waals surface area contributed by atoms with Gasteiger partial charge in [-0.05, 0) is 48.8 Å². The number of aliphatic imine (C=N–C) groups is 1. The van der Waals surface area contributed by atoms with Crippen molar-refractivity contribution in [2.75, 3.05) is 19.3 Å². The Morgan fingerprint density at radius 3 is 2.70 bits per heavy atom. The van der Waals surface area contributed by atoms with E-state index < -0.39 is 0 Å². The van der Waals surface area contributed by atoms with Gasteiger partial charge in [0.1, 0.15) is 5.82 Å². The number of hydrogen-bond donors (Lipinski definition) is 2. The van der Waals surface area contributed by atoms with Crippen LogP contribution in [-0.4, -0.2) is 31.3 Å². The molecule has 1 saturated carbocycles. The molecule has 0 aromatic heterocycles. The van der Waals surface area contributed by atoms with Crippen LogP contribution in [0, 0.1) is 11.7 Å². The number of nitrogens with zero attached hydrogens (tertiary/aromatic N) is 1. The maximum atomic E-state index is 12.8. The highest BCUT2D eigenvalue weighted by atomic mass is 32.2. The molecule has 1 aliphatic carbocycles. The largest absolute Gasteiger partial charge is 0.356 e. The van der Waals surface area contributed by atoms with Crippen molar-refractivity contribution in [1.82, 2.24) is 10.6 Å². The molecule has 0 heterocycles. The normalized spacial score (nSPS) is 21.6. The summed E-state index contributed by atoms with van der Waals surface area (Å²) in [5.74, 6) is 2.49. The first kappa shape index (κ1) is 15.2. The Balaban J connectivity index is 1.57. The fraction of sp³-hybridized carbons (Fsp3) is 0.533. The van der Waals surface area contributed by atoms with Gasteiger partial charge in [0.2, 0.25) is 0 Å². The van der Waals surface area contributed by atoms with Crippen molar-refractivity contribution >= 4 is 17.7 Å². The van der Waals surface area contributed by atoms with E-state index in [2.05, 4.69) is 22.5 Å². The molecule has 1 aromatic rings. The molecule has 0 bridgehead atoms. The Labute approximate surface area is 124 Å². The second kappa shape index (κ2) is 7.53. The van der Waals surface area contributed by atoms with E-state index in [1.54, 1.807) is 18.8 Å². The minimum Gasteiger partial charge on any atom is -0.356 e. The fourth-order valence-electron chi connectivity index (χ4n) is 1.89. The van der Waals surface area contributed by atoms with E-state index in [0.717, 1.165) is 35.5 Å². The molecule has 5 heteroatoms. The van der Waals surface area contributed by atoms with Gasteiger partial charge in [-0.15, -0.1) is 11.8 Å². The topological polar surface area (TPSA) is 36.4 Å². The zero-order valence-corrected chi connectivity index (χ0v) is 12.8. The van der Waals surface area contributed by atoms with Crippen molar-refractivity contribution in [1.29, 1.82) is 0 Å². The highest BCUT2D eigenvalue weighted by Gasteiger charge is 2.32. The van der Waals surface area contributed by atoms with Gasteiger partial charge in [0, 0.05) is 24.5 Å². The molecule has 2 atom stereocenters. The first-order valence-corrected chi connectivity index (χ1v) is 8.03. The average molecular weight is 295 g/mol. The Hall–Kier alpha value is -1.23. The van der Waals surface area contributed by atoms with Gasteiger partial charge in [-0.3, -0.25) is 4.99 Å². The Morgan fingerprint density at radius 1 is 1.40 bits per heavy atom. The summed E-state index contributed by atoms with van der Waals surface area (Å²) < 4.78 is 12.8. The maximum absolute atomic E-state index is 12.8. The molecule has 0 radical (unpaired) electrons. The number of nitrogens with one attached hydrogen (secondary N) is 2. The lowest BCUT2D eigenvalue weighted by molar-refractivity contribution is 0.626. The second-order valence-electron chi connectivity index (χ2n) is 5.12. The molecule has 1 aromatic carbocycles. The third-order valence-corrected chi connectivity index (χ3v) is 4.45. The zero-order valence-electron chi connectivity index (χ0n) is 12.0. The number of rotatable bonds is 6. The number of benzene rings is 1. The summed E-state index contributed by atoms with van der Waals surface area (Å²) in [5.41, 5.74) is 0. The molecule has 0 aliphatic heterocycles. The van der Waals surface area contributed by atoms with Crippen LogP contribution in [0.5, 0.6) is 0 Å². The van der Waals surface area contributed by atoms with Gasteiger partial charge >= 0.3 is 0 Å². The van der Waals surface area contributed by atoms with E-state index in [1.807, 2.05) is 12.1 Å². The van der Waals surface area contributed by atoms with Crippen LogP contribution in [0.15, 0.2) is 34.2 Å². The van der Waals surface area contributed by atoms with E-state index in [0.29, 0.717) is 6.04 Å². The van der Waals surface area contributed by atoms with Crippen LogP contribution >= 0.6 is 11.8 Å². The number of guanidine groups is 1. The lowest BCUT2D eigenvalue weighted by Gasteiger charge is -2.11. The van der Waals surface area contributed by atoms with Gasteiger partial charge in [0.05, 0.1) is 0 Å². The number of hydrogen-bond acceptors (Lipinski definition) is 2. The van der Waals surface area contributed by atoms with E-state index >= 15 is 0 Å². The molecule has 0 spiro atoms. The van der Waals surface area contributed by atoms with Gasteiger partial charge in [0.25, 0.3) is 0 Å². The summed E-state index contributed by atoms with van der Waals surface area (Å²) in [6, 6.07) is 7.24. The molecular weight excluding hydrogens is 273 g/mol. The summed E-state index contributed by atoms with van der Waals surface area (Å²) in [7, 11) is 1.80. The lowest BCUT2D eigenvalue weighted by atomic mass is 10.4. The molecule has 2 unspecified atom stereocenters. The van der Waals surface area contributed by atoms with E-state index in [4.69, 9.17) is 0 Å². The molecule has 20 heavy (non-hydrogen) atoms. The molecule has 110 valence electrons. The predicted molar refractivity (Wildman–Crippen MR) is 83.8 cm³/mol. The average Bonchev–Trinajstić information content (AvgIpc) is 3.14. The van der Waals surface area contributed by atoms with Gasteiger partial charge in [-0.25, -0.2) is 4.39 Å². The SMILES string of the molecule is CN=C(NCCCSc1ccc(F)cc1)NC1CC1C. The first-order chi connectivity index (χ1) is 9.69. The second-order valence-corrected chi connectivity index (χ2v) is 6.29. The van der Waals surface area contributed by atoms with Crippen molar-refractivity contribution in [2.45, 2.75) is 30.7 Å². The molecule has 3 nitrogen and oxygen atoms in total. The third-order valence-electron chi connectivity index (χ3n) is 3.35. The highest BCUT2D eigenvalue weighted by molar-refractivity contribution is 7.99. The van der Waals surface area contributed by atoms with Crippen molar-refractivity contribution in [3.05, 3.63) is 30.1 Å². The fourth-order valence-corrected chi connectivity index (χ4v) is 2.75. The van der Waals surface area contributed by atoms with Crippen molar-refractivity contribution in [3.8, 4) is 0 Å². The third kappa shape index (κ3) is 5.04. The van der Waals surface area contributed by atoms with E-state index in [1.165, 1.54) is 18.6 Å². The quantitative estimate of drug-likeness (QED) is 0.367. The summed E-state index contributed by atoms with van der Waals surface area (Å²) in [6.45, 7) is 3.14. The van der Waals surface area contributed by atoms with Crippen LogP contribution in [0.1, 0.15) is 19.8 Å². The Kier molecular flexibility index (Phi) is 5.71. The smallest absolute Gasteiger partial charge is 0.191 e. The summed E-state index contributed by atoms with van der Waals surface area (Å²) >= 11 is 1.75. The minimum atomic E-state index is -0.180. The van der Waals surface area contributed by atoms with Crippen LogP contribution in [0.3, 0.4) is 0 Å². The molecule has 1 aliphatic rings. The van der Waals surface area contributed by atoms with Crippen molar-refractivity contribution in [3.63, 3.8) is 0 Å². The molecule has 0 saturated heterocycles. The lowest BCUT2D eigenvalue weighted by Crippen LogP contribution is -2.39. The van der Waals surface area contributed by atoms with Crippen molar-refractivity contribution < 1.29 is 4.39 Å². The molecule has 2 N–H and O–H groups in total. The van der Waals surface area contributed by atoms with Crippen LogP contribution in [0.4, 0.5) is 4.39 Å². The van der Waals surface area contributed by atoms with Gasteiger partial charge in [0.15, 0.2) is 5.96 Å². The van der Waals surface area contributed by atoms with Crippen LogP contribution in [0.25, 0.3) is 0 Å². The van der Waals surface area contributed by atoms with Crippen LogP contribution < -0.4 is 10.6 Å². The Bertz CT molecular complexity index is 447. The van der Waals surface area contributed by atoms with E-state index in [9.17, 15) is 4.39 Å².